The van der Waals surface area contributed by atoms with Crippen LogP contribution in [0.4, 0.5) is 0 Å². The van der Waals surface area contributed by atoms with Gasteiger partial charge in [-0.2, -0.15) is 4.91 Å². The summed E-state index contributed by atoms with van der Waals surface area (Å²) in [6.45, 7) is -0.885. The van der Waals surface area contributed by atoms with Gasteiger partial charge >= 0.3 is 11.9 Å². The van der Waals surface area contributed by atoms with Crippen molar-refractivity contribution in [3.63, 3.8) is 0 Å². The van der Waals surface area contributed by atoms with Crippen LogP contribution in [0, 0.1) is 4.91 Å². The van der Waals surface area contributed by atoms with Crippen LogP contribution in [0.15, 0.2) is 5.18 Å². The minimum absolute atomic E-state index is 0.105. The molecular formula is C11H18N4O7. The number of nitrogens with one attached hydrogen (secondary N) is 2. The Kier molecular flexibility index (Phi) is 9.02. The second-order valence-electron chi connectivity index (χ2n) is 4.36. The Labute approximate surface area is 125 Å². The normalized spacial score (nSPS) is 12.8. The monoisotopic (exact) mass is 318 g/mol. The molecule has 0 aliphatic rings. The van der Waals surface area contributed by atoms with Crippen LogP contribution in [0.3, 0.4) is 0 Å². The summed E-state index contributed by atoms with van der Waals surface area (Å²) in [5, 5.41) is 23.9. The number of aliphatic carboxylic acids is 2. The quantitative estimate of drug-likeness (QED) is 0.271. The molecule has 124 valence electrons. The lowest BCUT2D eigenvalue weighted by atomic mass is 10.1. The number of hydrogen-bond donors (Lipinski definition) is 5. The number of carboxylic acids is 2. The smallest absolute Gasteiger partial charge is 0.322 e. The van der Waals surface area contributed by atoms with E-state index in [0.717, 1.165) is 0 Å². The highest BCUT2D eigenvalue weighted by Crippen LogP contribution is 1.99. The zero-order valence-electron chi connectivity index (χ0n) is 11.7. The second-order valence-corrected chi connectivity index (χ2v) is 4.36. The molecule has 2 amide bonds. The van der Waals surface area contributed by atoms with E-state index >= 15 is 0 Å². The Morgan fingerprint density at radius 2 is 1.77 bits per heavy atom. The fourth-order valence-electron chi connectivity index (χ4n) is 1.41. The van der Waals surface area contributed by atoms with Crippen LogP contribution < -0.4 is 16.4 Å². The van der Waals surface area contributed by atoms with Crippen molar-refractivity contribution >= 4 is 23.8 Å². The lowest BCUT2D eigenvalue weighted by Crippen LogP contribution is -2.48. The van der Waals surface area contributed by atoms with Crippen molar-refractivity contribution in [2.45, 2.75) is 31.3 Å². The van der Waals surface area contributed by atoms with Gasteiger partial charge in [0.1, 0.15) is 18.6 Å². The first kappa shape index (κ1) is 19.4. The number of nitrogens with zero attached hydrogens (tertiary/aromatic N) is 1. The van der Waals surface area contributed by atoms with Crippen molar-refractivity contribution in [2.75, 3.05) is 13.1 Å². The number of rotatable bonds is 11. The van der Waals surface area contributed by atoms with Crippen molar-refractivity contribution in [3.05, 3.63) is 4.91 Å². The van der Waals surface area contributed by atoms with Crippen LogP contribution in [-0.4, -0.2) is 59.1 Å². The molecular weight excluding hydrogens is 300 g/mol. The van der Waals surface area contributed by atoms with Crippen LogP contribution in [-0.2, 0) is 19.2 Å². The molecule has 0 bridgehead atoms. The van der Waals surface area contributed by atoms with Crippen molar-refractivity contribution in [1.29, 1.82) is 0 Å². The zero-order valence-corrected chi connectivity index (χ0v) is 11.7. The number of nitrogens with two attached hydrogens (primary N) is 1. The molecule has 0 radical (unpaired) electrons. The van der Waals surface area contributed by atoms with E-state index in [0.29, 0.717) is 0 Å². The van der Waals surface area contributed by atoms with Crippen LogP contribution in [0.5, 0.6) is 0 Å². The first-order chi connectivity index (χ1) is 10.3. The molecule has 0 aliphatic carbocycles. The number of carboxylic acid groups (broad SMARTS) is 2. The lowest BCUT2D eigenvalue weighted by molar-refractivity contribution is -0.139. The molecule has 0 aromatic carbocycles. The molecule has 11 heteroatoms. The highest BCUT2D eigenvalue weighted by atomic mass is 16.4. The van der Waals surface area contributed by atoms with Gasteiger partial charge < -0.3 is 26.6 Å². The molecule has 0 spiro atoms. The van der Waals surface area contributed by atoms with Gasteiger partial charge in [0.05, 0.1) is 6.54 Å². The fourth-order valence-corrected chi connectivity index (χ4v) is 1.41. The lowest BCUT2D eigenvalue weighted by Gasteiger charge is -2.17. The summed E-state index contributed by atoms with van der Waals surface area (Å²) in [5.74, 6) is -3.94. The van der Waals surface area contributed by atoms with Gasteiger partial charge in [0.2, 0.25) is 11.8 Å². The summed E-state index contributed by atoms with van der Waals surface area (Å²) in [6, 6.07) is -2.34. The Balaban J connectivity index is 4.46. The number of nitroso groups, excluding NO2 is 1. The number of amides is 2. The molecule has 0 saturated carbocycles. The van der Waals surface area contributed by atoms with E-state index in [1.807, 2.05) is 0 Å². The van der Waals surface area contributed by atoms with Crippen LogP contribution in [0.2, 0.25) is 0 Å². The molecule has 22 heavy (non-hydrogen) atoms. The maximum Gasteiger partial charge on any atom is 0.322 e. The van der Waals surface area contributed by atoms with Crippen LogP contribution in [0.1, 0.15) is 19.3 Å². The molecule has 11 nitrogen and oxygen atoms in total. The molecule has 0 aliphatic heterocycles. The van der Waals surface area contributed by atoms with Gasteiger partial charge in [0, 0.05) is 6.42 Å². The van der Waals surface area contributed by atoms with E-state index in [-0.39, 0.29) is 25.8 Å². The Hall–Kier alpha value is -2.56. The third-order valence-corrected chi connectivity index (χ3v) is 2.57. The van der Waals surface area contributed by atoms with E-state index in [9.17, 15) is 24.1 Å². The Morgan fingerprint density at radius 3 is 2.27 bits per heavy atom. The van der Waals surface area contributed by atoms with Gasteiger partial charge in [-0.05, 0) is 12.8 Å². The van der Waals surface area contributed by atoms with Crippen molar-refractivity contribution in [1.82, 2.24) is 10.6 Å². The van der Waals surface area contributed by atoms with Gasteiger partial charge in [0.15, 0.2) is 0 Å². The average Bonchev–Trinajstić information content (AvgIpc) is 2.46. The molecule has 2 atom stereocenters. The molecule has 0 aromatic heterocycles. The van der Waals surface area contributed by atoms with E-state index in [1.54, 1.807) is 0 Å². The topological polar surface area (TPSA) is 188 Å². The van der Waals surface area contributed by atoms with E-state index in [1.165, 1.54) is 0 Å². The first-order valence-electron chi connectivity index (χ1n) is 6.34. The Morgan fingerprint density at radius 1 is 1.14 bits per heavy atom. The molecule has 0 rings (SSSR count). The Bertz CT molecular complexity index is 440. The summed E-state index contributed by atoms with van der Waals surface area (Å²) >= 11 is 0. The second kappa shape index (κ2) is 10.2. The third-order valence-electron chi connectivity index (χ3n) is 2.57. The SMILES string of the molecule is N[C@@H](CCC(=O)N[C@@H](CCN=O)C(=O)NCC(=O)O)C(=O)O. The third kappa shape index (κ3) is 8.58. The van der Waals surface area contributed by atoms with E-state index in [2.05, 4.69) is 15.8 Å². The number of carbonyl (C=O) groups excluding carboxylic acids is 2. The zero-order chi connectivity index (χ0) is 17.1. The summed E-state index contributed by atoms with van der Waals surface area (Å²) in [6.07, 6.45) is -0.465. The van der Waals surface area contributed by atoms with Gasteiger partial charge in [-0.1, -0.05) is 5.18 Å². The molecule has 6 N–H and O–H groups in total. The predicted octanol–water partition coefficient (Wildman–Crippen LogP) is -1.98. The van der Waals surface area contributed by atoms with Gasteiger partial charge in [-0.15, -0.1) is 0 Å². The van der Waals surface area contributed by atoms with Gasteiger partial charge in [-0.3, -0.25) is 19.2 Å². The standard InChI is InChI=1S/C11H18N4O7/c12-6(11(20)21)1-2-8(16)15-7(3-4-14-22)10(19)13-5-9(17)18/h6-7H,1-5,12H2,(H,13,19)(H,15,16)(H,17,18)(H,20,21)/t6-,7-/m0/s1. The van der Waals surface area contributed by atoms with Crippen molar-refractivity contribution in [3.8, 4) is 0 Å². The predicted molar refractivity (Wildman–Crippen MR) is 72.7 cm³/mol. The average molecular weight is 318 g/mol. The highest BCUT2D eigenvalue weighted by Gasteiger charge is 2.22. The molecule has 0 heterocycles. The minimum Gasteiger partial charge on any atom is -0.480 e. The fraction of sp³-hybridized carbons (Fsp3) is 0.636. The summed E-state index contributed by atoms with van der Waals surface area (Å²) in [4.78, 5) is 54.3. The maximum absolute atomic E-state index is 11.7. The highest BCUT2D eigenvalue weighted by molar-refractivity contribution is 5.89. The number of carbonyl (C=O) groups is 4. The van der Waals surface area contributed by atoms with Gasteiger partial charge in [0.25, 0.3) is 0 Å². The van der Waals surface area contributed by atoms with Crippen LogP contribution in [0.25, 0.3) is 0 Å². The largest absolute Gasteiger partial charge is 0.480 e. The maximum atomic E-state index is 11.7. The number of hydrogen-bond acceptors (Lipinski definition) is 7. The first-order valence-corrected chi connectivity index (χ1v) is 6.34. The minimum atomic E-state index is -1.26. The summed E-state index contributed by atoms with van der Waals surface area (Å²) < 4.78 is 0. The molecule has 0 unspecified atom stereocenters. The van der Waals surface area contributed by atoms with Gasteiger partial charge in [-0.25, -0.2) is 0 Å². The molecule has 0 fully saturated rings. The van der Waals surface area contributed by atoms with E-state index in [4.69, 9.17) is 15.9 Å². The van der Waals surface area contributed by atoms with Crippen molar-refractivity contribution in [2.24, 2.45) is 10.9 Å². The summed E-state index contributed by atoms with van der Waals surface area (Å²) in [7, 11) is 0. The molecule has 0 saturated heterocycles. The summed E-state index contributed by atoms with van der Waals surface area (Å²) in [5.41, 5.74) is 5.24. The van der Waals surface area contributed by atoms with Crippen LogP contribution >= 0.6 is 0 Å². The van der Waals surface area contributed by atoms with E-state index < -0.39 is 42.4 Å². The van der Waals surface area contributed by atoms with Crippen molar-refractivity contribution < 1.29 is 29.4 Å². The molecule has 0 aromatic rings.